The van der Waals surface area contributed by atoms with E-state index in [0.29, 0.717) is 5.69 Å². The Hall–Kier alpha value is -2.34. The van der Waals surface area contributed by atoms with Crippen LogP contribution in [0.25, 0.3) is 0 Å². The quantitative estimate of drug-likeness (QED) is 0.867. The number of nitrogens with zero attached hydrogens (tertiary/aromatic N) is 1. The molecule has 3 rings (SSSR count). The van der Waals surface area contributed by atoms with Crippen LogP contribution in [0.3, 0.4) is 0 Å². The highest BCUT2D eigenvalue weighted by Gasteiger charge is 2.46. The number of hydrogen-bond acceptors (Lipinski definition) is 2. The van der Waals surface area contributed by atoms with E-state index in [1.165, 1.54) is 17.0 Å². The maximum absolute atomic E-state index is 12.6. The predicted molar refractivity (Wildman–Crippen MR) is 76.1 cm³/mol. The molecule has 2 N–H and O–H groups in total. The Morgan fingerprint density at radius 1 is 0.955 bits per heavy atom. The number of anilines is 1. The average Bonchev–Trinajstić information content (AvgIpc) is 2.51. The molecule has 114 valence electrons. The molecule has 2 aromatic rings. The third-order valence-electron chi connectivity index (χ3n) is 3.75. The molecule has 0 unspecified atom stereocenters. The van der Waals surface area contributed by atoms with Gasteiger partial charge in [0.1, 0.15) is 6.04 Å². The van der Waals surface area contributed by atoms with Gasteiger partial charge in [0.25, 0.3) is 0 Å². The summed E-state index contributed by atoms with van der Waals surface area (Å²) in [4.78, 5) is 13.4. The fraction of sp³-hybridized carbons (Fsp3) is 0.188. The molecule has 1 amide bonds. The van der Waals surface area contributed by atoms with Crippen molar-refractivity contribution in [2.75, 3.05) is 4.90 Å². The standard InChI is InChI=1S/C16H13F3N2O/c17-16(18,19)11-6-8-12(9-7-11)21-14(13(20)15(21)22)10-4-2-1-3-5-10/h1-9,13-14H,20H2/t13-,14-/m0/s1. The molecule has 2 atom stereocenters. The Morgan fingerprint density at radius 3 is 2.09 bits per heavy atom. The smallest absolute Gasteiger partial charge is 0.318 e. The van der Waals surface area contributed by atoms with Crippen LogP contribution in [0.2, 0.25) is 0 Å². The number of rotatable bonds is 2. The minimum atomic E-state index is -4.40. The summed E-state index contributed by atoms with van der Waals surface area (Å²) < 4.78 is 37.8. The van der Waals surface area contributed by atoms with Crippen molar-refractivity contribution in [1.29, 1.82) is 0 Å². The van der Waals surface area contributed by atoms with Gasteiger partial charge in [-0.05, 0) is 29.8 Å². The van der Waals surface area contributed by atoms with Crippen LogP contribution >= 0.6 is 0 Å². The number of amides is 1. The van der Waals surface area contributed by atoms with E-state index in [1.807, 2.05) is 30.3 Å². The normalized spacial score (nSPS) is 21.6. The second-order valence-electron chi connectivity index (χ2n) is 5.13. The lowest BCUT2D eigenvalue weighted by atomic mass is 9.88. The lowest BCUT2D eigenvalue weighted by Crippen LogP contribution is -2.63. The van der Waals surface area contributed by atoms with Gasteiger partial charge in [-0.25, -0.2) is 0 Å². The molecule has 6 heteroatoms. The molecule has 1 fully saturated rings. The van der Waals surface area contributed by atoms with Crippen LogP contribution in [0.5, 0.6) is 0 Å². The number of nitrogens with two attached hydrogens (primary N) is 1. The number of carbonyl (C=O) groups is 1. The number of hydrogen-bond donors (Lipinski definition) is 1. The first-order valence-corrected chi connectivity index (χ1v) is 6.70. The van der Waals surface area contributed by atoms with Crippen molar-refractivity contribution in [3.05, 3.63) is 65.7 Å². The van der Waals surface area contributed by atoms with Crippen molar-refractivity contribution >= 4 is 11.6 Å². The summed E-state index contributed by atoms with van der Waals surface area (Å²) in [5.74, 6) is -0.298. The summed E-state index contributed by atoms with van der Waals surface area (Å²) in [6, 6.07) is 12.7. The molecule has 0 spiro atoms. The average molecular weight is 306 g/mol. The molecule has 2 aromatic carbocycles. The van der Waals surface area contributed by atoms with Gasteiger partial charge in [-0.2, -0.15) is 13.2 Å². The van der Waals surface area contributed by atoms with Crippen LogP contribution in [0.4, 0.5) is 18.9 Å². The van der Waals surface area contributed by atoms with Gasteiger partial charge in [0.05, 0.1) is 11.6 Å². The van der Waals surface area contributed by atoms with E-state index in [0.717, 1.165) is 17.7 Å². The van der Waals surface area contributed by atoms with E-state index >= 15 is 0 Å². The fourth-order valence-electron chi connectivity index (χ4n) is 2.62. The molecule has 1 saturated heterocycles. The number of halogens is 3. The molecule has 0 aliphatic carbocycles. The second-order valence-corrected chi connectivity index (χ2v) is 5.13. The number of carbonyl (C=O) groups excluding carboxylic acids is 1. The zero-order chi connectivity index (χ0) is 15.9. The third kappa shape index (κ3) is 2.35. The minimum absolute atomic E-state index is 0.298. The van der Waals surface area contributed by atoms with Gasteiger partial charge in [-0.15, -0.1) is 0 Å². The summed E-state index contributed by atoms with van der Waals surface area (Å²) in [5.41, 5.74) is 6.38. The monoisotopic (exact) mass is 306 g/mol. The van der Waals surface area contributed by atoms with Crippen molar-refractivity contribution in [3.8, 4) is 0 Å². The Labute approximate surface area is 125 Å². The predicted octanol–water partition coefficient (Wildman–Crippen LogP) is 3.12. The first-order valence-electron chi connectivity index (χ1n) is 6.70. The van der Waals surface area contributed by atoms with Gasteiger partial charge >= 0.3 is 6.18 Å². The van der Waals surface area contributed by atoms with Gasteiger partial charge < -0.3 is 10.6 Å². The van der Waals surface area contributed by atoms with E-state index in [1.54, 1.807) is 0 Å². The van der Waals surface area contributed by atoms with Crippen molar-refractivity contribution < 1.29 is 18.0 Å². The van der Waals surface area contributed by atoms with E-state index in [4.69, 9.17) is 5.73 Å². The van der Waals surface area contributed by atoms with Crippen LogP contribution in [-0.4, -0.2) is 11.9 Å². The van der Waals surface area contributed by atoms with Gasteiger partial charge in [0, 0.05) is 5.69 Å². The minimum Gasteiger partial charge on any atom is -0.318 e. The largest absolute Gasteiger partial charge is 0.416 e. The van der Waals surface area contributed by atoms with Crippen LogP contribution in [0.15, 0.2) is 54.6 Å². The lowest BCUT2D eigenvalue weighted by Gasteiger charge is -2.45. The Morgan fingerprint density at radius 2 is 1.55 bits per heavy atom. The van der Waals surface area contributed by atoms with E-state index in [2.05, 4.69) is 0 Å². The highest BCUT2D eigenvalue weighted by molar-refractivity contribution is 6.05. The molecule has 1 heterocycles. The molecular formula is C16H13F3N2O. The molecule has 0 aromatic heterocycles. The van der Waals surface area contributed by atoms with Crippen LogP contribution in [-0.2, 0) is 11.0 Å². The highest BCUT2D eigenvalue weighted by Crippen LogP contribution is 2.39. The maximum atomic E-state index is 12.6. The number of alkyl halides is 3. The fourth-order valence-corrected chi connectivity index (χ4v) is 2.62. The van der Waals surface area contributed by atoms with Gasteiger partial charge in [0.2, 0.25) is 5.91 Å². The van der Waals surface area contributed by atoms with Crippen LogP contribution < -0.4 is 10.6 Å². The molecule has 0 saturated carbocycles. The first kappa shape index (κ1) is 14.6. The van der Waals surface area contributed by atoms with Crippen molar-refractivity contribution in [3.63, 3.8) is 0 Å². The van der Waals surface area contributed by atoms with Crippen molar-refractivity contribution in [2.24, 2.45) is 5.73 Å². The lowest BCUT2D eigenvalue weighted by molar-refractivity contribution is -0.137. The van der Waals surface area contributed by atoms with Crippen LogP contribution in [0, 0.1) is 0 Å². The molecule has 3 nitrogen and oxygen atoms in total. The molecule has 22 heavy (non-hydrogen) atoms. The summed E-state index contributed by atoms with van der Waals surface area (Å²) in [6.45, 7) is 0. The van der Waals surface area contributed by atoms with E-state index in [-0.39, 0.29) is 11.9 Å². The van der Waals surface area contributed by atoms with E-state index in [9.17, 15) is 18.0 Å². The Balaban J connectivity index is 1.91. The maximum Gasteiger partial charge on any atom is 0.416 e. The molecule has 0 bridgehead atoms. The molecule has 1 aliphatic rings. The number of benzene rings is 2. The zero-order valence-corrected chi connectivity index (χ0v) is 11.4. The summed E-state index contributed by atoms with van der Waals surface area (Å²) in [6.07, 6.45) is -4.40. The van der Waals surface area contributed by atoms with Crippen molar-refractivity contribution in [1.82, 2.24) is 0 Å². The van der Waals surface area contributed by atoms with E-state index < -0.39 is 17.8 Å². The third-order valence-corrected chi connectivity index (χ3v) is 3.75. The molecule has 0 radical (unpaired) electrons. The van der Waals surface area contributed by atoms with Gasteiger partial charge in [-0.1, -0.05) is 30.3 Å². The van der Waals surface area contributed by atoms with Crippen LogP contribution in [0.1, 0.15) is 17.2 Å². The number of β-lactam (4-membered cyclic amide) rings is 1. The highest BCUT2D eigenvalue weighted by atomic mass is 19.4. The summed E-state index contributed by atoms with van der Waals surface area (Å²) >= 11 is 0. The summed E-state index contributed by atoms with van der Waals surface area (Å²) in [5, 5.41) is 0. The van der Waals surface area contributed by atoms with Crippen molar-refractivity contribution in [2.45, 2.75) is 18.3 Å². The summed E-state index contributed by atoms with van der Waals surface area (Å²) in [7, 11) is 0. The topological polar surface area (TPSA) is 46.3 Å². The Kier molecular flexibility index (Phi) is 3.41. The molecule has 1 aliphatic heterocycles. The second kappa shape index (κ2) is 5.14. The Bertz CT molecular complexity index is 683. The SMILES string of the molecule is N[C@@H]1C(=O)N(c2ccc(C(F)(F)F)cc2)[C@H]1c1ccccc1. The van der Waals surface area contributed by atoms with Gasteiger partial charge in [0.15, 0.2) is 0 Å². The zero-order valence-electron chi connectivity index (χ0n) is 11.4. The van der Waals surface area contributed by atoms with Gasteiger partial charge in [-0.3, -0.25) is 4.79 Å². The first-order chi connectivity index (χ1) is 10.4. The molecular weight excluding hydrogens is 293 g/mol.